The molecule has 19 heavy (non-hydrogen) atoms. The molecule has 1 unspecified atom stereocenters. The quantitative estimate of drug-likeness (QED) is 0.643. The summed E-state index contributed by atoms with van der Waals surface area (Å²) in [6.45, 7) is 2.91. The Hall–Kier alpha value is -1.24. The highest BCUT2D eigenvalue weighted by Crippen LogP contribution is 2.34. The smallest absolute Gasteiger partial charge is 0.138 e. The molecule has 6 heteroatoms. The molecule has 0 spiro atoms. The second-order valence-electron chi connectivity index (χ2n) is 4.87. The molecule has 1 aliphatic carbocycles. The summed E-state index contributed by atoms with van der Waals surface area (Å²) in [6, 6.07) is 2.44. The highest BCUT2D eigenvalue weighted by atomic mass is 32.1. The third-order valence-electron chi connectivity index (χ3n) is 3.69. The van der Waals surface area contributed by atoms with E-state index in [0.717, 1.165) is 18.8 Å². The van der Waals surface area contributed by atoms with Crippen LogP contribution in [0.4, 0.5) is 0 Å². The molecule has 5 nitrogen and oxygen atoms in total. The van der Waals surface area contributed by atoms with Gasteiger partial charge in [-0.25, -0.2) is 4.98 Å². The van der Waals surface area contributed by atoms with Gasteiger partial charge in [0.2, 0.25) is 0 Å². The lowest BCUT2D eigenvalue weighted by atomic mass is 10.1. The summed E-state index contributed by atoms with van der Waals surface area (Å²) < 4.78 is 1.92. The van der Waals surface area contributed by atoms with E-state index in [0.29, 0.717) is 0 Å². The lowest BCUT2D eigenvalue weighted by molar-refractivity contribution is 0.516. The minimum absolute atomic E-state index is 0.130. The van der Waals surface area contributed by atoms with Crippen molar-refractivity contribution in [1.29, 1.82) is 0 Å². The Kier molecular flexibility index (Phi) is 3.63. The second-order valence-corrected chi connectivity index (χ2v) is 6.03. The van der Waals surface area contributed by atoms with Crippen molar-refractivity contribution in [2.45, 2.75) is 45.2 Å². The number of nitrogens with one attached hydrogen (secondary N) is 1. The van der Waals surface area contributed by atoms with Crippen molar-refractivity contribution in [2.24, 2.45) is 5.84 Å². The standard InChI is InChI=1S/C13H19N5S/c1-2-18-13(15-8-16-18)7-10(17-14)12-6-9-4-3-5-11(9)19-12/h6,8,10,17H,2-5,7,14H2,1H3. The van der Waals surface area contributed by atoms with Gasteiger partial charge in [-0.15, -0.1) is 11.3 Å². The minimum atomic E-state index is 0.130. The third-order valence-corrected chi connectivity index (χ3v) is 5.04. The predicted octanol–water partition coefficient (Wildman–Crippen LogP) is 1.60. The summed E-state index contributed by atoms with van der Waals surface area (Å²) in [5, 5.41) is 4.21. The molecular weight excluding hydrogens is 258 g/mol. The molecule has 1 aliphatic rings. The molecule has 3 rings (SSSR count). The van der Waals surface area contributed by atoms with Crippen LogP contribution >= 0.6 is 11.3 Å². The van der Waals surface area contributed by atoms with E-state index < -0.39 is 0 Å². The van der Waals surface area contributed by atoms with E-state index in [1.165, 1.54) is 34.6 Å². The van der Waals surface area contributed by atoms with Crippen LogP contribution < -0.4 is 11.3 Å². The van der Waals surface area contributed by atoms with Crippen molar-refractivity contribution >= 4 is 11.3 Å². The van der Waals surface area contributed by atoms with Crippen LogP contribution in [0, 0.1) is 0 Å². The molecule has 0 radical (unpaired) electrons. The van der Waals surface area contributed by atoms with Crippen molar-refractivity contribution < 1.29 is 0 Å². The zero-order valence-corrected chi connectivity index (χ0v) is 11.9. The SMILES string of the molecule is CCn1ncnc1CC(NN)c1cc2c(s1)CCC2. The first kappa shape index (κ1) is 12.8. The Balaban J connectivity index is 1.80. The summed E-state index contributed by atoms with van der Waals surface area (Å²) >= 11 is 1.89. The maximum Gasteiger partial charge on any atom is 0.138 e. The lowest BCUT2D eigenvalue weighted by Crippen LogP contribution is -2.30. The number of hydrogen-bond acceptors (Lipinski definition) is 5. The van der Waals surface area contributed by atoms with Gasteiger partial charge in [0.15, 0.2) is 0 Å². The number of aryl methyl sites for hydroxylation is 3. The molecular formula is C13H19N5S. The van der Waals surface area contributed by atoms with Crippen molar-refractivity contribution in [2.75, 3.05) is 0 Å². The average molecular weight is 277 g/mol. The van der Waals surface area contributed by atoms with Crippen molar-refractivity contribution in [1.82, 2.24) is 20.2 Å². The zero-order chi connectivity index (χ0) is 13.2. The van der Waals surface area contributed by atoms with Gasteiger partial charge in [-0.3, -0.25) is 16.0 Å². The molecule has 0 bridgehead atoms. The fourth-order valence-electron chi connectivity index (χ4n) is 2.66. The molecule has 2 aromatic rings. The molecule has 102 valence electrons. The van der Waals surface area contributed by atoms with E-state index in [2.05, 4.69) is 28.5 Å². The van der Waals surface area contributed by atoms with E-state index in [4.69, 9.17) is 5.84 Å². The van der Waals surface area contributed by atoms with Gasteiger partial charge in [0.1, 0.15) is 12.2 Å². The van der Waals surface area contributed by atoms with Gasteiger partial charge in [-0.2, -0.15) is 5.10 Å². The van der Waals surface area contributed by atoms with Crippen LogP contribution in [0.5, 0.6) is 0 Å². The van der Waals surface area contributed by atoms with Gasteiger partial charge in [-0.05, 0) is 37.8 Å². The third kappa shape index (κ3) is 2.43. The van der Waals surface area contributed by atoms with Gasteiger partial charge in [-0.1, -0.05) is 0 Å². The van der Waals surface area contributed by atoms with Crippen LogP contribution in [0.2, 0.25) is 0 Å². The number of rotatable bonds is 5. The Morgan fingerprint density at radius 3 is 3.16 bits per heavy atom. The maximum atomic E-state index is 5.73. The monoisotopic (exact) mass is 277 g/mol. The van der Waals surface area contributed by atoms with Crippen LogP contribution in [0.3, 0.4) is 0 Å². The van der Waals surface area contributed by atoms with Gasteiger partial charge in [0.05, 0.1) is 6.04 Å². The molecule has 3 N–H and O–H groups in total. The Morgan fingerprint density at radius 1 is 1.53 bits per heavy atom. The van der Waals surface area contributed by atoms with Crippen LogP contribution in [0.25, 0.3) is 0 Å². The molecule has 2 aromatic heterocycles. The van der Waals surface area contributed by atoms with Gasteiger partial charge in [0, 0.05) is 22.7 Å². The first-order valence-corrected chi connectivity index (χ1v) is 7.57. The van der Waals surface area contributed by atoms with E-state index in [-0.39, 0.29) is 6.04 Å². The van der Waals surface area contributed by atoms with Crippen molar-refractivity contribution in [3.8, 4) is 0 Å². The van der Waals surface area contributed by atoms with Gasteiger partial charge in [0.25, 0.3) is 0 Å². The number of hydrogen-bond donors (Lipinski definition) is 2. The number of aromatic nitrogens is 3. The van der Waals surface area contributed by atoms with E-state index >= 15 is 0 Å². The highest BCUT2D eigenvalue weighted by Gasteiger charge is 2.21. The first-order chi connectivity index (χ1) is 9.31. The summed E-state index contributed by atoms with van der Waals surface area (Å²) in [7, 11) is 0. The summed E-state index contributed by atoms with van der Waals surface area (Å²) in [6.07, 6.45) is 6.13. The first-order valence-electron chi connectivity index (χ1n) is 6.76. The summed E-state index contributed by atoms with van der Waals surface area (Å²) in [4.78, 5) is 7.18. The Morgan fingerprint density at radius 2 is 2.42 bits per heavy atom. The molecule has 0 amide bonds. The number of fused-ring (bicyclic) bond motifs is 1. The molecule has 0 fully saturated rings. The molecule has 0 saturated heterocycles. The van der Waals surface area contributed by atoms with Gasteiger partial charge >= 0.3 is 0 Å². The summed E-state index contributed by atoms with van der Waals surface area (Å²) in [5.41, 5.74) is 4.44. The Bertz CT molecular complexity index is 538. The van der Waals surface area contributed by atoms with Crippen LogP contribution in [0.1, 0.15) is 40.5 Å². The van der Waals surface area contributed by atoms with E-state index in [1.807, 2.05) is 16.0 Å². The van der Waals surface area contributed by atoms with Crippen LogP contribution in [-0.2, 0) is 25.8 Å². The second kappa shape index (κ2) is 5.40. The van der Waals surface area contributed by atoms with Crippen molar-refractivity contribution in [3.63, 3.8) is 0 Å². The highest BCUT2D eigenvalue weighted by molar-refractivity contribution is 7.12. The van der Waals surface area contributed by atoms with E-state index in [9.17, 15) is 0 Å². The molecule has 0 aromatic carbocycles. The molecule has 0 aliphatic heterocycles. The topological polar surface area (TPSA) is 68.8 Å². The molecule has 2 heterocycles. The number of thiophene rings is 1. The van der Waals surface area contributed by atoms with Crippen LogP contribution in [-0.4, -0.2) is 14.8 Å². The van der Waals surface area contributed by atoms with Crippen molar-refractivity contribution in [3.05, 3.63) is 33.5 Å². The summed E-state index contributed by atoms with van der Waals surface area (Å²) in [5.74, 6) is 6.72. The maximum absolute atomic E-state index is 5.73. The molecule has 0 saturated carbocycles. The zero-order valence-electron chi connectivity index (χ0n) is 11.1. The minimum Gasteiger partial charge on any atom is -0.271 e. The molecule has 1 atom stereocenters. The average Bonchev–Trinajstić information content (AvgIpc) is 3.10. The largest absolute Gasteiger partial charge is 0.271 e. The van der Waals surface area contributed by atoms with E-state index in [1.54, 1.807) is 6.33 Å². The lowest BCUT2D eigenvalue weighted by Gasteiger charge is -2.14. The predicted molar refractivity (Wildman–Crippen MR) is 75.8 cm³/mol. The fourth-order valence-corrected chi connectivity index (χ4v) is 3.98. The number of nitrogens with zero attached hydrogens (tertiary/aromatic N) is 3. The Labute approximate surface area is 116 Å². The van der Waals surface area contributed by atoms with Crippen LogP contribution in [0.15, 0.2) is 12.4 Å². The number of nitrogens with two attached hydrogens (primary N) is 1. The fraction of sp³-hybridized carbons (Fsp3) is 0.538. The normalized spacial score (nSPS) is 15.7. The van der Waals surface area contributed by atoms with Gasteiger partial charge < -0.3 is 0 Å². The number of hydrazine groups is 1.